The molecule has 1 aromatic heterocycles. The van der Waals surface area contributed by atoms with Crippen molar-refractivity contribution < 1.29 is 9.59 Å². The van der Waals surface area contributed by atoms with Crippen LogP contribution in [0.3, 0.4) is 0 Å². The summed E-state index contributed by atoms with van der Waals surface area (Å²) in [5.41, 5.74) is 8.43. The van der Waals surface area contributed by atoms with Gasteiger partial charge in [0.15, 0.2) is 0 Å². The third-order valence-electron chi connectivity index (χ3n) is 4.49. The third-order valence-corrected chi connectivity index (χ3v) is 5.49. The van der Waals surface area contributed by atoms with Gasteiger partial charge in [0.05, 0.1) is 17.1 Å². The van der Waals surface area contributed by atoms with Gasteiger partial charge in [-0.1, -0.05) is 51.1 Å². The predicted octanol–water partition coefficient (Wildman–Crippen LogP) is 4.14. The molecule has 0 bridgehead atoms. The standard InChI is InChI=1S/C23H26N4O2S/c1-23(2,3)19-13-20(27(26-19)18-7-5-4-6-8-18)25-21(28)15-30-14-16-9-11-17(12-10-16)22(24)29/h4-13H,14-15H2,1-3H3,(H2,24,29)(H,25,28). The summed E-state index contributed by atoms with van der Waals surface area (Å²) < 4.78 is 1.77. The Hall–Kier alpha value is -3.06. The van der Waals surface area contributed by atoms with Gasteiger partial charge in [0.25, 0.3) is 0 Å². The fourth-order valence-corrected chi connectivity index (χ4v) is 3.60. The van der Waals surface area contributed by atoms with Crippen LogP contribution in [0.25, 0.3) is 5.69 Å². The molecule has 2 aromatic carbocycles. The zero-order chi connectivity index (χ0) is 21.7. The molecule has 7 heteroatoms. The maximum atomic E-state index is 12.6. The van der Waals surface area contributed by atoms with Crippen molar-refractivity contribution in [2.24, 2.45) is 5.73 Å². The molecule has 1 heterocycles. The van der Waals surface area contributed by atoms with Gasteiger partial charge in [0.2, 0.25) is 11.8 Å². The van der Waals surface area contributed by atoms with Gasteiger partial charge in [0.1, 0.15) is 5.82 Å². The molecular weight excluding hydrogens is 396 g/mol. The largest absolute Gasteiger partial charge is 0.366 e. The molecule has 3 N–H and O–H groups in total. The SMILES string of the molecule is CC(C)(C)c1cc(NC(=O)CSCc2ccc(C(N)=O)cc2)n(-c2ccccc2)n1. The number of nitrogens with two attached hydrogens (primary N) is 1. The van der Waals surface area contributed by atoms with Gasteiger partial charge >= 0.3 is 0 Å². The van der Waals surface area contributed by atoms with Crippen LogP contribution in [0.15, 0.2) is 60.7 Å². The lowest BCUT2D eigenvalue weighted by molar-refractivity contribution is -0.113. The molecule has 156 valence electrons. The Bertz CT molecular complexity index is 1020. The van der Waals surface area contributed by atoms with E-state index in [0.717, 1.165) is 16.9 Å². The Morgan fingerprint density at radius 2 is 1.73 bits per heavy atom. The molecule has 0 saturated heterocycles. The molecule has 30 heavy (non-hydrogen) atoms. The number of carbonyl (C=O) groups excluding carboxylic acids is 2. The van der Waals surface area contributed by atoms with Crippen molar-refractivity contribution in [3.63, 3.8) is 0 Å². The minimum absolute atomic E-state index is 0.0914. The zero-order valence-corrected chi connectivity index (χ0v) is 18.2. The number of aromatic nitrogens is 2. The minimum atomic E-state index is -0.446. The number of thioether (sulfide) groups is 1. The van der Waals surface area contributed by atoms with Crippen LogP contribution in [-0.4, -0.2) is 27.3 Å². The molecule has 6 nitrogen and oxygen atoms in total. The smallest absolute Gasteiger partial charge is 0.248 e. The number of nitrogens with one attached hydrogen (secondary N) is 1. The highest BCUT2D eigenvalue weighted by molar-refractivity contribution is 7.99. The van der Waals surface area contributed by atoms with Crippen molar-refractivity contribution in [3.05, 3.63) is 77.5 Å². The lowest BCUT2D eigenvalue weighted by Gasteiger charge is -2.14. The van der Waals surface area contributed by atoms with Crippen molar-refractivity contribution >= 4 is 29.4 Å². The Kier molecular flexibility index (Phi) is 6.62. The number of carbonyl (C=O) groups is 2. The number of rotatable bonds is 7. The van der Waals surface area contributed by atoms with Crippen molar-refractivity contribution in [3.8, 4) is 5.69 Å². The molecule has 0 fully saturated rings. The first-order valence-electron chi connectivity index (χ1n) is 9.66. The van der Waals surface area contributed by atoms with Crippen molar-refractivity contribution in [1.82, 2.24) is 9.78 Å². The predicted molar refractivity (Wildman–Crippen MR) is 122 cm³/mol. The van der Waals surface area contributed by atoms with E-state index in [9.17, 15) is 9.59 Å². The summed E-state index contributed by atoms with van der Waals surface area (Å²) in [5.74, 6) is 1.09. The van der Waals surface area contributed by atoms with Gasteiger partial charge in [-0.25, -0.2) is 4.68 Å². The lowest BCUT2D eigenvalue weighted by Crippen LogP contribution is -2.17. The van der Waals surface area contributed by atoms with E-state index in [4.69, 9.17) is 10.8 Å². The summed E-state index contributed by atoms with van der Waals surface area (Å²) in [5, 5.41) is 7.70. The van der Waals surface area contributed by atoms with Crippen LogP contribution in [0.5, 0.6) is 0 Å². The van der Waals surface area contributed by atoms with Crippen LogP contribution >= 0.6 is 11.8 Å². The first-order valence-corrected chi connectivity index (χ1v) is 10.8. The molecule has 3 aromatic rings. The Morgan fingerprint density at radius 3 is 2.33 bits per heavy atom. The Morgan fingerprint density at radius 1 is 1.07 bits per heavy atom. The quantitative estimate of drug-likeness (QED) is 0.599. The second-order valence-corrected chi connectivity index (χ2v) is 9.00. The summed E-state index contributed by atoms with van der Waals surface area (Å²) in [6.07, 6.45) is 0. The highest BCUT2D eigenvalue weighted by Crippen LogP contribution is 2.26. The minimum Gasteiger partial charge on any atom is -0.366 e. The number of para-hydroxylation sites is 1. The van der Waals surface area contributed by atoms with Gasteiger partial charge in [-0.3, -0.25) is 9.59 Å². The van der Waals surface area contributed by atoms with E-state index in [0.29, 0.717) is 22.9 Å². The van der Waals surface area contributed by atoms with Crippen LogP contribution in [0.1, 0.15) is 42.4 Å². The molecule has 0 aliphatic rings. The third kappa shape index (κ3) is 5.51. The second kappa shape index (κ2) is 9.17. The summed E-state index contributed by atoms with van der Waals surface area (Å²) in [4.78, 5) is 23.7. The number of hydrogen-bond donors (Lipinski definition) is 2. The fourth-order valence-electron chi connectivity index (χ4n) is 2.81. The second-order valence-electron chi connectivity index (χ2n) is 8.01. The maximum Gasteiger partial charge on any atom is 0.248 e. The van der Waals surface area contributed by atoms with Crippen molar-refractivity contribution in [2.75, 3.05) is 11.1 Å². The van der Waals surface area contributed by atoms with Crippen LogP contribution in [0, 0.1) is 0 Å². The highest BCUT2D eigenvalue weighted by atomic mass is 32.2. The number of nitrogens with zero attached hydrogens (tertiary/aromatic N) is 2. The monoisotopic (exact) mass is 422 g/mol. The summed E-state index contributed by atoms with van der Waals surface area (Å²) in [6.45, 7) is 6.28. The van der Waals surface area contributed by atoms with E-state index in [2.05, 4.69) is 26.1 Å². The van der Waals surface area contributed by atoms with Gasteiger partial charge in [-0.2, -0.15) is 5.10 Å². The molecule has 2 amide bonds. The average molecular weight is 423 g/mol. The van der Waals surface area contributed by atoms with E-state index in [1.165, 1.54) is 11.8 Å². The van der Waals surface area contributed by atoms with Gasteiger partial charge in [0, 0.05) is 22.8 Å². The van der Waals surface area contributed by atoms with Crippen LogP contribution in [0.4, 0.5) is 5.82 Å². The topological polar surface area (TPSA) is 90.0 Å². The molecule has 0 atom stereocenters. The zero-order valence-electron chi connectivity index (χ0n) is 17.4. The highest BCUT2D eigenvalue weighted by Gasteiger charge is 2.21. The van der Waals surface area contributed by atoms with Gasteiger partial charge in [-0.05, 0) is 29.8 Å². The molecule has 0 aliphatic heterocycles. The number of hydrogen-bond acceptors (Lipinski definition) is 4. The van der Waals surface area contributed by atoms with Gasteiger partial charge < -0.3 is 11.1 Å². The first-order chi connectivity index (χ1) is 14.2. The number of benzene rings is 2. The average Bonchev–Trinajstić information content (AvgIpc) is 3.13. The molecular formula is C23H26N4O2S. The van der Waals surface area contributed by atoms with Crippen molar-refractivity contribution in [1.29, 1.82) is 0 Å². The molecule has 0 unspecified atom stereocenters. The summed E-state index contributed by atoms with van der Waals surface area (Å²) in [6, 6.07) is 18.8. The van der Waals surface area contributed by atoms with E-state index in [1.807, 2.05) is 48.5 Å². The lowest BCUT2D eigenvalue weighted by atomic mass is 9.92. The first kappa shape index (κ1) is 21.6. The number of anilines is 1. The summed E-state index contributed by atoms with van der Waals surface area (Å²) in [7, 11) is 0. The van der Waals surface area contributed by atoms with E-state index < -0.39 is 5.91 Å². The van der Waals surface area contributed by atoms with E-state index in [1.54, 1.807) is 16.8 Å². The van der Waals surface area contributed by atoms with Gasteiger partial charge in [-0.15, -0.1) is 11.8 Å². The molecule has 0 aliphatic carbocycles. The Labute approximate surface area is 180 Å². The normalized spacial score (nSPS) is 11.3. The van der Waals surface area contributed by atoms with Crippen LogP contribution in [-0.2, 0) is 16.0 Å². The molecule has 0 spiro atoms. The van der Waals surface area contributed by atoms with E-state index >= 15 is 0 Å². The molecule has 0 saturated carbocycles. The van der Waals surface area contributed by atoms with Crippen molar-refractivity contribution in [2.45, 2.75) is 31.9 Å². The van der Waals surface area contributed by atoms with E-state index in [-0.39, 0.29) is 11.3 Å². The molecule has 0 radical (unpaired) electrons. The number of primary amides is 1. The number of amides is 2. The maximum absolute atomic E-state index is 12.6. The van der Waals surface area contributed by atoms with Crippen LogP contribution in [0.2, 0.25) is 0 Å². The fraction of sp³-hybridized carbons (Fsp3) is 0.261. The Balaban J connectivity index is 1.65. The summed E-state index contributed by atoms with van der Waals surface area (Å²) >= 11 is 1.50. The molecule has 3 rings (SSSR count). The van der Waals surface area contributed by atoms with Crippen LogP contribution < -0.4 is 11.1 Å².